The van der Waals surface area contributed by atoms with Crippen LogP contribution in [0, 0.1) is 70.0 Å². The molecule has 2 aliphatic carbocycles. The number of aryl methyl sites for hydroxylation is 2. The summed E-state index contributed by atoms with van der Waals surface area (Å²) in [6.45, 7) is 9.07. The fourth-order valence-electron chi connectivity index (χ4n) is 8.99. The third-order valence-corrected chi connectivity index (χ3v) is 12.0. The van der Waals surface area contributed by atoms with E-state index in [1.54, 1.807) is 32.1 Å². The average molecular weight is 693 g/mol. The molecule has 12 nitrogen and oxygen atoms in total. The zero-order valence-corrected chi connectivity index (χ0v) is 29.7. The second-order valence-electron chi connectivity index (χ2n) is 14.5. The van der Waals surface area contributed by atoms with Crippen molar-refractivity contribution >= 4 is 39.4 Å². The second-order valence-corrected chi connectivity index (χ2v) is 14.5. The van der Waals surface area contributed by atoms with Crippen LogP contribution in [0.2, 0.25) is 0 Å². The summed E-state index contributed by atoms with van der Waals surface area (Å²) >= 11 is 0. The number of esters is 1. The van der Waals surface area contributed by atoms with Crippen LogP contribution < -0.4 is 0 Å². The first-order chi connectivity index (χ1) is 24.8. The predicted octanol–water partition coefficient (Wildman–Crippen LogP) is 6.38. The van der Waals surface area contributed by atoms with Gasteiger partial charge in [0.05, 0.1) is 65.5 Å². The van der Waals surface area contributed by atoms with Crippen LogP contribution in [0.5, 0.6) is 0 Å². The van der Waals surface area contributed by atoms with E-state index in [0.29, 0.717) is 56.4 Å². The van der Waals surface area contributed by atoms with E-state index in [2.05, 4.69) is 22.1 Å². The first-order valence-corrected chi connectivity index (χ1v) is 17.2. The van der Waals surface area contributed by atoms with E-state index >= 15 is 0 Å². The van der Waals surface area contributed by atoms with Crippen molar-refractivity contribution < 1.29 is 19.4 Å². The van der Waals surface area contributed by atoms with Crippen molar-refractivity contribution in [3.63, 3.8) is 0 Å². The van der Waals surface area contributed by atoms with Gasteiger partial charge in [0.1, 0.15) is 0 Å². The number of aliphatic hydroxyl groups is 1. The highest BCUT2D eigenvalue weighted by Crippen LogP contribution is 2.64. The number of aromatic nitrogens is 4. The number of ether oxygens (including phenoxy) is 1. The maximum absolute atomic E-state index is 13.7. The fourth-order valence-corrected chi connectivity index (χ4v) is 8.99. The zero-order chi connectivity index (χ0) is 37.5. The Balaban J connectivity index is 1.66. The van der Waals surface area contributed by atoms with Gasteiger partial charge in [0.2, 0.25) is 0 Å². The number of nitrogens with zero attached hydrogens (tertiary/aromatic N) is 6. The van der Waals surface area contributed by atoms with Crippen LogP contribution in [0.1, 0.15) is 113 Å². The van der Waals surface area contributed by atoms with Crippen molar-refractivity contribution in [1.29, 1.82) is 21.0 Å². The Morgan fingerprint density at radius 2 is 1.73 bits per heavy atom. The van der Waals surface area contributed by atoms with Gasteiger partial charge in [-0.2, -0.15) is 21.0 Å². The molecule has 52 heavy (non-hydrogen) atoms. The minimum absolute atomic E-state index is 0.0677. The Hall–Kier alpha value is -6.08. The largest absolute Gasteiger partial charge is 0.469 e. The van der Waals surface area contributed by atoms with Crippen LogP contribution >= 0.6 is 0 Å². The number of hydrogen-bond acceptors (Lipinski definition) is 10. The number of carbonyl (C=O) groups excluding carboxylic acids is 2. The number of aromatic amines is 2. The van der Waals surface area contributed by atoms with Gasteiger partial charge in [0.25, 0.3) is 0 Å². The number of rotatable bonds is 4. The van der Waals surface area contributed by atoms with E-state index in [-0.39, 0.29) is 48.5 Å². The highest BCUT2D eigenvalue weighted by atomic mass is 16.5. The summed E-state index contributed by atoms with van der Waals surface area (Å²) in [5.74, 6) is -0.725. The predicted molar refractivity (Wildman–Crippen MR) is 189 cm³/mol. The van der Waals surface area contributed by atoms with Gasteiger partial charge in [-0.05, 0) is 69.0 Å². The van der Waals surface area contributed by atoms with Gasteiger partial charge in [-0.1, -0.05) is 13.0 Å². The maximum Gasteiger partial charge on any atom is 0.305 e. The summed E-state index contributed by atoms with van der Waals surface area (Å²) < 4.78 is 4.96. The number of Topliss-reactive ketones (excluding diaryl/α,β-unsaturated/α-hetero) is 1. The number of fused-ring (bicyclic) bond motifs is 11. The molecule has 2 unspecified atom stereocenters. The number of allylic oxidation sites excluding steroid dienone is 2. The first kappa shape index (κ1) is 34.4. The minimum Gasteiger partial charge on any atom is -0.469 e. The molecule has 12 heteroatoms. The molecule has 7 rings (SSSR count). The molecule has 0 amide bonds. The van der Waals surface area contributed by atoms with Crippen molar-refractivity contribution in [2.45, 2.75) is 83.7 Å². The summed E-state index contributed by atoms with van der Waals surface area (Å²) in [7, 11) is 1.36. The number of nitrogens with one attached hydrogen (secondary N) is 2. The van der Waals surface area contributed by atoms with Crippen LogP contribution in [0.15, 0.2) is 24.3 Å². The lowest BCUT2D eigenvalue weighted by Crippen LogP contribution is -2.54. The Labute approximate surface area is 300 Å². The summed E-state index contributed by atoms with van der Waals surface area (Å²) in [5.41, 5.74) is 2.57. The molecular formula is C40H36N8O4. The maximum atomic E-state index is 13.7. The number of methoxy groups -OCH3 is 1. The van der Waals surface area contributed by atoms with Gasteiger partial charge < -0.3 is 19.8 Å². The van der Waals surface area contributed by atoms with Crippen molar-refractivity contribution in [3.8, 4) is 24.3 Å². The number of aliphatic hydroxyl groups excluding tert-OH is 1. The topological polar surface area (TPSA) is 216 Å². The Morgan fingerprint density at radius 1 is 1.04 bits per heavy atom. The smallest absolute Gasteiger partial charge is 0.305 e. The van der Waals surface area contributed by atoms with E-state index in [1.807, 2.05) is 39.0 Å². The molecule has 260 valence electrons. The van der Waals surface area contributed by atoms with Crippen LogP contribution in [0.4, 0.5) is 0 Å². The van der Waals surface area contributed by atoms with Gasteiger partial charge in [-0.25, -0.2) is 0 Å². The van der Waals surface area contributed by atoms with Gasteiger partial charge in [0, 0.05) is 70.0 Å². The molecule has 0 spiro atoms. The molecule has 4 aliphatic rings. The fraction of sp³-hybridized carbons (Fsp3) is 0.400. The molecule has 3 aromatic rings. The number of hydrogen-bond donors (Lipinski definition) is 3. The lowest BCUT2D eigenvalue weighted by Gasteiger charge is -2.46. The van der Waals surface area contributed by atoms with Crippen LogP contribution in [0.3, 0.4) is 0 Å². The highest BCUT2D eigenvalue weighted by Gasteiger charge is 2.70. The monoisotopic (exact) mass is 692 g/mol. The number of ketones is 1. The highest BCUT2D eigenvalue weighted by molar-refractivity contribution is 6.13. The van der Waals surface area contributed by atoms with E-state index in [4.69, 9.17) is 14.7 Å². The number of carbonyl (C=O) groups is 2. The second kappa shape index (κ2) is 11.7. The van der Waals surface area contributed by atoms with Crippen LogP contribution in [-0.4, -0.2) is 43.9 Å². The van der Waals surface area contributed by atoms with E-state index in [1.165, 1.54) is 7.11 Å². The summed E-state index contributed by atoms with van der Waals surface area (Å²) in [5, 5.41) is 53.6. The average Bonchev–Trinajstić information content (AvgIpc) is 3.88. The number of nitriles is 4. The van der Waals surface area contributed by atoms with Crippen LogP contribution in [0.25, 0.3) is 27.6 Å². The molecule has 4 atom stereocenters. The molecule has 0 saturated heterocycles. The molecule has 0 radical (unpaired) electrons. The summed E-state index contributed by atoms with van der Waals surface area (Å²) in [4.78, 5) is 43.1. The molecule has 5 heterocycles. The van der Waals surface area contributed by atoms with Gasteiger partial charge in [-0.3, -0.25) is 19.6 Å². The Kier molecular flexibility index (Phi) is 7.76. The van der Waals surface area contributed by atoms with E-state index in [9.17, 15) is 35.7 Å². The standard InChI is InChI=1S/C40H36N8O4/c1-19-23(7-8-33(51)52-6)36-24-11-31(50)35-21(3)28(48-37(24)35)13-29-25-9-10-39(15-41,16-42)40(17-43,18-44)38(25,5)32(46-29)14-30-34(22(4)49)20(2)27(45-30)12-26(19)47-36/h9,12-14,19,22-23,45,48-49H,7-8,10-11H2,1-6H3/t19-,22?,23-,38?/m0/s1. The van der Waals surface area contributed by atoms with E-state index < -0.39 is 22.3 Å². The van der Waals surface area contributed by atoms with Crippen molar-refractivity contribution in [2.75, 3.05) is 7.11 Å². The molecule has 3 N–H and O–H groups in total. The van der Waals surface area contributed by atoms with Gasteiger partial charge in [-0.15, -0.1) is 0 Å². The molecule has 0 fully saturated rings. The van der Waals surface area contributed by atoms with Crippen molar-refractivity contribution in [2.24, 2.45) is 10.8 Å². The zero-order valence-electron chi connectivity index (χ0n) is 29.7. The minimum atomic E-state index is -2.17. The third kappa shape index (κ3) is 4.32. The molecule has 3 aromatic heterocycles. The molecule has 8 bridgehead atoms. The lowest BCUT2D eigenvalue weighted by molar-refractivity contribution is -0.140. The molecule has 0 aromatic carbocycles. The molecule has 2 aliphatic heterocycles. The van der Waals surface area contributed by atoms with Crippen molar-refractivity contribution in [1.82, 2.24) is 19.9 Å². The summed E-state index contributed by atoms with van der Waals surface area (Å²) in [6, 6.07) is 13.6. The van der Waals surface area contributed by atoms with Crippen LogP contribution in [-0.2, 0) is 21.4 Å². The SMILES string of the molecule is COC(=O)CC[C@@H]1c2nc(cc3[nH]c(cc4nc(cc5[nH]c6c2CC(=O)c6c5C)C2=CCC(C#N)(C#N)C(C#N)(C#N)C24C)c(C(C)O)c3C)[C@H]1C. The van der Waals surface area contributed by atoms with Gasteiger partial charge in [0.15, 0.2) is 16.6 Å². The Bertz CT molecular complexity index is 2480. The Morgan fingerprint density at radius 3 is 2.37 bits per heavy atom. The quantitative estimate of drug-likeness (QED) is 0.256. The molecule has 0 saturated carbocycles. The summed E-state index contributed by atoms with van der Waals surface area (Å²) in [6.07, 6.45) is 1.38. The van der Waals surface area contributed by atoms with Crippen molar-refractivity contribution in [3.05, 3.63) is 74.9 Å². The normalized spacial score (nSPS) is 22.6. The first-order valence-electron chi connectivity index (χ1n) is 17.2. The van der Waals surface area contributed by atoms with E-state index in [0.717, 1.165) is 22.5 Å². The van der Waals surface area contributed by atoms with Gasteiger partial charge >= 0.3 is 5.97 Å². The molecular weight excluding hydrogens is 656 g/mol. The number of H-pyrrole nitrogens is 2. The third-order valence-electron chi connectivity index (χ3n) is 12.0. The lowest BCUT2D eigenvalue weighted by atomic mass is 9.46.